The maximum atomic E-state index is 13.8. The maximum Gasteiger partial charge on any atom is 0.134 e. The average molecular weight is 267 g/mol. The summed E-state index contributed by atoms with van der Waals surface area (Å²) in [7, 11) is 0. The van der Waals surface area contributed by atoms with Gasteiger partial charge in [0.25, 0.3) is 0 Å². The first-order chi connectivity index (χ1) is 9.13. The van der Waals surface area contributed by atoms with Gasteiger partial charge >= 0.3 is 0 Å². The molecule has 1 atom stereocenters. The highest BCUT2D eigenvalue weighted by Gasteiger charge is 2.23. The van der Waals surface area contributed by atoms with Crippen molar-refractivity contribution < 1.29 is 13.2 Å². The van der Waals surface area contributed by atoms with Gasteiger partial charge in [-0.25, -0.2) is 13.2 Å². The summed E-state index contributed by atoms with van der Waals surface area (Å²) in [4.78, 5) is 7.90. The maximum absolute atomic E-state index is 13.8. The SMILES string of the molecule is CCNC(c1cnccn1)c1c(F)cc(F)cc1F. The van der Waals surface area contributed by atoms with Crippen LogP contribution in [-0.2, 0) is 0 Å². The second-order valence-corrected chi connectivity index (χ2v) is 3.90. The van der Waals surface area contributed by atoms with Crippen LogP contribution in [0.2, 0.25) is 0 Å². The molecule has 1 unspecified atom stereocenters. The Kier molecular flexibility index (Phi) is 4.11. The molecule has 0 spiro atoms. The van der Waals surface area contributed by atoms with Crippen LogP contribution in [0.3, 0.4) is 0 Å². The molecule has 1 aromatic carbocycles. The number of hydrogen-bond acceptors (Lipinski definition) is 3. The van der Waals surface area contributed by atoms with E-state index in [1.807, 2.05) is 0 Å². The number of halogens is 3. The molecule has 0 saturated heterocycles. The topological polar surface area (TPSA) is 37.8 Å². The summed E-state index contributed by atoms with van der Waals surface area (Å²) in [5.74, 6) is -2.85. The fourth-order valence-corrected chi connectivity index (χ4v) is 1.85. The van der Waals surface area contributed by atoms with E-state index in [2.05, 4.69) is 15.3 Å². The highest BCUT2D eigenvalue weighted by Crippen LogP contribution is 2.26. The van der Waals surface area contributed by atoms with Crippen LogP contribution in [0.25, 0.3) is 0 Å². The third kappa shape index (κ3) is 2.90. The standard InChI is InChI=1S/C13H12F3N3/c1-2-18-13(11-7-17-3-4-19-11)12-9(15)5-8(14)6-10(12)16/h3-7,13,18H,2H2,1H3. The molecule has 1 N–H and O–H groups in total. The van der Waals surface area contributed by atoms with Gasteiger partial charge in [0.1, 0.15) is 17.5 Å². The normalized spacial score (nSPS) is 12.4. The lowest BCUT2D eigenvalue weighted by Gasteiger charge is -2.18. The molecule has 1 heterocycles. The molecule has 0 aliphatic heterocycles. The van der Waals surface area contributed by atoms with Crippen molar-refractivity contribution in [2.24, 2.45) is 0 Å². The molecule has 3 nitrogen and oxygen atoms in total. The van der Waals surface area contributed by atoms with Crippen molar-refractivity contribution in [3.05, 3.63) is 59.4 Å². The second kappa shape index (κ2) is 5.79. The zero-order valence-electron chi connectivity index (χ0n) is 10.2. The van der Waals surface area contributed by atoms with Crippen LogP contribution in [0, 0.1) is 17.5 Å². The molecule has 0 aliphatic carbocycles. The number of aromatic nitrogens is 2. The van der Waals surface area contributed by atoms with Crippen LogP contribution < -0.4 is 5.32 Å². The monoisotopic (exact) mass is 267 g/mol. The third-order valence-electron chi connectivity index (χ3n) is 2.62. The summed E-state index contributed by atoms with van der Waals surface area (Å²) >= 11 is 0. The Morgan fingerprint density at radius 1 is 1.16 bits per heavy atom. The van der Waals surface area contributed by atoms with Crippen molar-refractivity contribution in [3.8, 4) is 0 Å². The summed E-state index contributed by atoms with van der Waals surface area (Å²) in [6.07, 6.45) is 4.30. The molecule has 1 aromatic heterocycles. The highest BCUT2D eigenvalue weighted by atomic mass is 19.1. The molecule has 0 saturated carbocycles. The van der Waals surface area contributed by atoms with Gasteiger partial charge in [-0.1, -0.05) is 6.92 Å². The first-order valence-corrected chi connectivity index (χ1v) is 5.77. The molecule has 0 aliphatic rings. The molecule has 19 heavy (non-hydrogen) atoms. The third-order valence-corrected chi connectivity index (χ3v) is 2.62. The minimum Gasteiger partial charge on any atom is -0.305 e. The van der Waals surface area contributed by atoms with Gasteiger partial charge < -0.3 is 5.32 Å². The quantitative estimate of drug-likeness (QED) is 0.925. The first kappa shape index (κ1) is 13.5. The van der Waals surface area contributed by atoms with Gasteiger partial charge in [-0.05, 0) is 6.54 Å². The number of benzene rings is 1. The van der Waals surface area contributed by atoms with Crippen molar-refractivity contribution in [1.82, 2.24) is 15.3 Å². The Hall–Kier alpha value is -1.95. The van der Waals surface area contributed by atoms with Crippen molar-refractivity contribution in [3.63, 3.8) is 0 Å². The summed E-state index contributed by atoms with van der Waals surface area (Å²) in [6, 6.07) is 0.498. The van der Waals surface area contributed by atoms with Gasteiger partial charge in [-0.15, -0.1) is 0 Å². The van der Waals surface area contributed by atoms with E-state index in [0.717, 1.165) is 0 Å². The molecule has 0 amide bonds. The van der Waals surface area contributed by atoms with Crippen LogP contribution in [0.5, 0.6) is 0 Å². The highest BCUT2D eigenvalue weighted by molar-refractivity contribution is 5.30. The molecule has 0 radical (unpaired) electrons. The van der Waals surface area contributed by atoms with Crippen LogP contribution >= 0.6 is 0 Å². The second-order valence-electron chi connectivity index (χ2n) is 3.90. The van der Waals surface area contributed by atoms with E-state index in [4.69, 9.17) is 0 Å². The zero-order chi connectivity index (χ0) is 13.8. The molecule has 2 aromatic rings. The first-order valence-electron chi connectivity index (χ1n) is 5.77. The lowest BCUT2D eigenvalue weighted by molar-refractivity contribution is 0.487. The van der Waals surface area contributed by atoms with Gasteiger partial charge in [-0.3, -0.25) is 9.97 Å². The fourth-order valence-electron chi connectivity index (χ4n) is 1.85. The number of rotatable bonds is 4. The number of hydrogen-bond donors (Lipinski definition) is 1. The lowest BCUT2D eigenvalue weighted by atomic mass is 10.0. The minimum atomic E-state index is -0.951. The minimum absolute atomic E-state index is 0.260. The van der Waals surface area contributed by atoms with E-state index in [-0.39, 0.29) is 5.56 Å². The molecular formula is C13H12F3N3. The van der Waals surface area contributed by atoms with Crippen molar-refractivity contribution in [2.45, 2.75) is 13.0 Å². The van der Waals surface area contributed by atoms with Crippen molar-refractivity contribution >= 4 is 0 Å². The van der Waals surface area contributed by atoms with Gasteiger partial charge in [0.2, 0.25) is 0 Å². The molecule has 0 fully saturated rings. The van der Waals surface area contributed by atoms with E-state index in [9.17, 15) is 13.2 Å². The predicted octanol–water partition coefficient (Wildman–Crippen LogP) is 2.59. The van der Waals surface area contributed by atoms with Gasteiger partial charge in [0, 0.05) is 30.1 Å². The Morgan fingerprint density at radius 3 is 2.37 bits per heavy atom. The lowest BCUT2D eigenvalue weighted by Crippen LogP contribution is -2.25. The van der Waals surface area contributed by atoms with Crippen LogP contribution in [0.15, 0.2) is 30.7 Å². The van der Waals surface area contributed by atoms with E-state index in [1.165, 1.54) is 18.6 Å². The summed E-state index contributed by atoms with van der Waals surface area (Å²) in [5, 5.41) is 2.91. The number of nitrogens with one attached hydrogen (secondary N) is 1. The smallest absolute Gasteiger partial charge is 0.134 e. The summed E-state index contributed by atoms with van der Waals surface area (Å²) in [5.41, 5.74) is 0.109. The summed E-state index contributed by atoms with van der Waals surface area (Å²) in [6.45, 7) is 2.26. The summed E-state index contributed by atoms with van der Waals surface area (Å²) < 4.78 is 40.5. The van der Waals surface area contributed by atoms with E-state index in [0.29, 0.717) is 24.4 Å². The fraction of sp³-hybridized carbons (Fsp3) is 0.231. The average Bonchev–Trinajstić information content (AvgIpc) is 2.37. The van der Waals surface area contributed by atoms with Gasteiger partial charge in [-0.2, -0.15) is 0 Å². The van der Waals surface area contributed by atoms with E-state index in [1.54, 1.807) is 6.92 Å². The van der Waals surface area contributed by atoms with E-state index < -0.39 is 23.5 Å². The Bertz CT molecular complexity index is 537. The molecule has 2 rings (SSSR count). The predicted molar refractivity (Wildman–Crippen MR) is 63.9 cm³/mol. The Morgan fingerprint density at radius 2 is 1.84 bits per heavy atom. The molecule has 0 bridgehead atoms. The van der Waals surface area contributed by atoms with Crippen molar-refractivity contribution in [2.75, 3.05) is 6.54 Å². The van der Waals surface area contributed by atoms with Crippen LogP contribution in [-0.4, -0.2) is 16.5 Å². The molecular weight excluding hydrogens is 255 g/mol. The van der Waals surface area contributed by atoms with Gasteiger partial charge in [0.05, 0.1) is 17.9 Å². The van der Waals surface area contributed by atoms with E-state index >= 15 is 0 Å². The Balaban J connectivity index is 2.51. The molecule has 100 valence electrons. The Labute approximate surface area is 108 Å². The zero-order valence-corrected chi connectivity index (χ0v) is 10.2. The molecule has 6 heteroatoms. The number of nitrogens with zero attached hydrogens (tertiary/aromatic N) is 2. The van der Waals surface area contributed by atoms with Crippen LogP contribution in [0.4, 0.5) is 13.2 Å². The largest absolute Gasteiger partial charge is 0.305 e. The van der Waals surface area contributed by atoms with Crippen molar-refractivity contribution in [1.29, 1.82) is 0 Å². The van der Waals surface area contributed by atoms with Crippen LogP contribution in [0.1, 0.15) is 24.2 Å². The van der Waals surface area contributed by atoms with Gasteiger partial charge in [0.15, 0.2) is 0 Å².